The molecule has 0 radical (unpaired) electrons. The molecule has 1 saturated heterocycles. The summed E-state index contributed by atoms with van der Waals surface area (Å²) >= 11 is 0. The Morgan fingerprint density at radius 3 is 1.93 bits per heavy atom. The van der Waals surface area contributed by atoms with Crippen LogP contribution in [0.2, 0.25) is 0 Å². The number of nitrogens with one attached hydrogen (secondary N) is 1. The average molecular weight is 587 g/mol. The van der Waals surface area contributed by atoms with Gasteiger partial charge in [-0.25, -0.2) is 13.2 Å². The number of carbonyl (C=O) groups is 3. The summed E-state index contributed by atoms with van der Waals surface area (Å²) in [5.41, 5.74) is 2.46. The van der Waals surface area contributed by atoms with Crippen LogP contribution in [0, 0.1) is 17.5 Å². The van der Waals surface area contributed by atoms with Gasteiger partial charge in [0.25, 0.3) is 11.8 Å². The highest BCUT2D eigenvalue weighted by Crippen LogP contribution is 2.21. The van der Waals surface area contributed by atoms with Crippen LogP contribution in [0.15, 0.2) is 97.1 Å². The highest BCUT2D eigenvalue weighted by atomic mass is 19.1. The zero-order chi connectivity index (χ0) is 30.3. The fourth-order valence-corrected chi connectivity index (χ4v) is 4.92. The first-order chi connectivity index (χ1) is 20.7. The molecule has 0 bridgehead atoms. The van der Waals surface area contributed by atoms with Crippen LogP contribution in [0.5, 0.6) is 0 Å². The molecule has 1 aliphatic rings. The molecule has 3 amide bonds. The van der Waals surface area contributed by atoms with E-state index in [2.05, 4.69) is 10.2 Å². The number of benzene rings is 4. The predicted octanol–water partition coefficient (Wildman–Crippen LogP) is 5.35. The summed E-state index contributed by atoms with van der Waals surface area (Å²) in [5.74, 6) is -2.64. The highest BCUT2D eigenvalue weighted by Gasteiger charge is 2.23. The molecule has 0 aromatic heterocycles. The van der Waals surface area contributed by atoms with Crippen molar-refractivity contribution < 1.29 is 27.6 Å². The van der Waals surface area contributed by atoms with Gasteiger partial charge in [-0.3, -0.25) is 14.4 Å². The van der Waals surface area contributed by atoms with Crippen molar-refractivity contribution in [3.8, 4) is 0 Å². The Balaban J connectivity index is 1.19. The lowest BCUT2D eigenvalue weighted by molar-refractivity contribution is -0.117. The average Bonchev–Trinajstić information content (AvgIpc) is 3.01. The number of amides is 3. The van der Waals surface area contributed by atoms with Crippen LogP contribution in [0.3, 0.4) is 0 Å². The van der Waals surface area contributed by atoms with Gasteiger partial charge in [-0.15, -0.1) is 0 Å². The van der Waals surface area contributed by atoms with E-state index in [1.165, 1.54) is 65.6 Å². The molecule has 5 rings (SSSR count). The van der Waals surface area contributed by atoms with E-state index in [0.717, 1.165) is 11.8 Å². The van der Waals surface area contributed by atoms with Crippen LogP contribution in [-0.2, 0) is 11.3 Å². The Hall–Kier alpha value is -5.12. The molecule has 4 aromatic carbocycles. The van der Waals surface area contributed by atoms with Crippen molar-refractivity contribution in [2.45, 2.75) is 6.54 Å². The van der Waals surface area contributed by atoms with Crippen molar-refractivity contribution in [2.75, 3.05) is 42.9 Å². The Morgan fingerprint density at radius 1 is 0.698 bits per heavy atom. The van der Waals surface area contributed by atoms with E-state index in [1.54, 1.807) is 23.1 Å². The van der Waals surface area contributed by atoms with Crippen LogP contribution >= 0.6 is 0 Å². The molecular weight excluding hydrogens is 557 g/mol. The molecule has 0 atom stereocenters. The van der Waals surface area contributed by atoms with Crippen LogP contribution in [0.25, 0.3) is 0 Å². The van der Waals surface area contributed by atoms with Gasteiger partial charge in [0.1, 0.15) is 24.0 Å². The van der Waals surface area contributed by atoms with Gasteiger partial charge in [0.15, 0.2) is 0 Å². The molecule has 7 nitrogen and oxygen atoms in total. The standard InChI is InChI=1S/C33H29F3N4O3/c34-26-9-7-23(8-10-26)21-40(33(43)25-4-2-6-28(36)20-25)22-31(41)37-29-11-13-30(14-12-29)38-15-17-39(18-16-38)32(42)24-3-1-5-27(35)19-24/h1-14,19-20H,15-18,21-22H2,(H,37,41). The van der Waals surface area contributed by atoms with E-state index >= 15 is 0 Å². The van der Waals surface area contributed by atoms with Crippen molar-refractivity contribution in [3.63, 3.8) is 0 Å². The number of anilines is 2. The minimum absolute atomic E-state index is 0.0235. The van der Waals surface area contributed by atoms with Crippen LogP contribution in [-0.4, -0.2) is 60.2 Å². The van der Waals surface area contributed by atoms with E-state index in [0.29, 0.717) is 43.0 Å². The monoisotopic (exact) mass is 586 g/mol. The minimum Gasteiger partial charge on any atom is -0.368 e. The fourth-order valence-electron chi connectivity index (χ4n) is 4.92. The maximum atomic E-state index is 13.8. The van der Waals surface area contributed by atoms with Gasteiger partial charge in [-0.1, -0.05) is 24.3 Å². The van der Waals surface area contributed by atoms with Gasteiger partial charge in [-0.2, -0.15) is 0 Å². The van der Waals surface area contributed by atoms with E-state index in [1.807, 2.05) is 12.1 Å². The molecule has 1 heterocycles. The van der Waals surface area contributed by atoms with Crippen LogP contribution < -0.4 is 10.2 Å². The second kappa shape index (κ2) is 13.2. The predicted molar refractivity (Wildman–Crippen MR) is 157 cm³/mol. The lowest BCUT2D eigenvalue weighted by Gasteiger charge is -2.36. The molecule has 4 aromatic rings. The summed E-state index contributed by atoms with van der Waals surface area (Å²) in [5, 5.41) is 2.79. The number of nitrogens with zero attached hydrogens (tertiary/aromatic N) is 3. The molecule has 0 unspecified atom stereocenters. The summed E-state index contributed by atoms with van der Waals surface area (Å²) in [6.07, 6.45) is 0. The quantitative estimate of drug-likeness (QED) is 0.302. The summed E-state index contributed by atoms with van der Waals surface area (Å²) in [6, 6.07) is 23.7. The van der Waals surface area contributed by atoms with Crippen molar-refractivity contribution in [1.29, 1.82) is 0 Å². The molecule has 10 heteroatoms. The third-order valence-electron chi connectivity index (χ3n) is 7.13. The van der Waals surface area contributed by atoms with Crippen molar-refractivity contribution in [1.82, 2.24) is 9.80 Å². The molecule has 0 aliphatic carbocycles. The Labute approximate surface area is 247 Å². The molecule has 0 saturated carbocycles. The maximum Gasteiger partial charge on any atom is 0.254 e. The molecule has 0 spiro atoms. The third-order valence-corrected chi connectivity index (χ3v) is 7.13. The zero-order valence-electron chi connectivity index (χ0n) is 23.2. The first kappa shape index (κ1) is 29.4. The Bertz CT molecular complexity index is 1600. The molecule has 1 fully saturated rings. The fraction of sp³-hybridized carbons (Fsp3) is 0.182. The van der Waals surface area contributed by atoms with Gasteiger partial charge >= 0.3 is 0 Å². The normalized spacial score (nSPS) is 13.0. The van der Waals surface area contributed by atoms with Gasteiger partial charge in [0, 0.05) is 55.2 Å². The first-order valence-corrected chi connectivity index (χ1v) is 13.7. The van der Waals surface area contributed by atoms with Gasteiger partial charge in [-0.05, 0) is 78.4 Å². The van der Waals surface area contributed by atoms with E-state index < -0.39 is 29.3 Å². The first-order valence-electron chi connectivity index (χ1n) is 13.7. The van der Waals surface area contributed by atoms with Crippen molar-refractivity contribution >= 4 is 29.1 Å². The van der Waals surface area contributed by atoms with E-state index in [9.17, 15) is 27.6 Å². The topological polar surface area (TPSA) is 73.0 Å². The van der Waals surface area contributed by atoms with Crippen molar-refractivity contribution in [3.05, 3.63) is 131 Å². The lowest BCUT2D eigenvalue weighted by Crippen LogP contribution is -2.48. The molecule has 43 heavy (non-hydrogen) atoms. The van der Waals surface area contributed by atoms with Crippen LogP contribution in [0.4, 0.5) is 24.5 Å². The Morgan fingerprint density at radius 2 is 1.30 bits per heavy atom. The van der Waals surface area contributed by atoms with E-state index in [4.69, 9.17) is 0 Å². The van der Waals surface area contributed by atoms with E-state index in [-0.39, 0.29) is 24.6 Å². The van der Waals surface area contributed by atoms with Gasteiger partial charge in [0.05, 0.1) is 0 Å². The number of rotatable bonds is 8. The van der Waals surface area contributed by atoms with Gasteiger partial charge in [0.2, 0.25) is 5.91 Å². The summed E-state index contributed by atoms with van der Waals surface area (Å²) in [4.78, 5) is 44.0. The number of halogens is 3. The molecule has 1 N–H and O–H groups in total. The highest BCUT2D eigenvalue weighted by molar-refractivity contribution is 5.99. The van der Waals surface area contributed by atoms with Gasteiger partial charge < -0.3 is 20.0 Å². The second-order valence-electron chi connectivity index (χ2n) is 10.2. The number of piperazine rings is 1. The Kier molecular flexibility index (Phi) is 9.05. The summed E-state index contributed by atoms with van der Waals surface area (Å²) in [6.45, 7) is 1.86. The second-order valence-corrected chi connectivity index (χ2v) is 10.2. The van der Waals surface area contributed by atoms with Crippen LogP contribution in [0.1, 0.15) is 26.3 Å². The third kappa shape index (κ3) is 7.59. The lowest BCUT2D eigenvalue weighted by atomic mass is 10.1. The number of hydrogen-bond acceptors (Lipinski definition) is 4. The molecule has 220 valence electrons. The number of carbonyl (C=O) groups excluding carboxylic acids is 3. The smallest absolute Gasteiger partial charge is 0.254 e. The summed E-state index contributed by atoms with van der Waals surface area (Å²) < 4.78 is 40.7. The van der Waals surface area contributed by atoms with Crippen molar-refractivity contribution in [2.24, 2.45) is 0 Å². The minimum atomic E-state index is -0.572. The molecule has 1 aliphatic heterocycles. The zero-order valence-corrected chi connectivity index (χ0v) is 23.2. The maximum absolute atomic E-state index is 13.8. The largest absolute Gasteiger partial charge is 0.368 e. The number of hydrogen-bond donors (Lipinski definition) is 1. The molecular formula is C33H29F3N4O3. The SMILES string of the molecule is O=C(CN(Cc1ccc(F)cc1)C(=O)c1cccc(F)c1)Nc1ccc(N2CCN(C(=O)c3cccc(F)c3)CC2)cc1. The summed E-state index contributed by atoms with van der Waals surface area (Å²) in [7, 11) is 0.